The molecule has 0 radical (unpaired) electrons. The SMILES string of the molecule is Nc1cccc2[se][se]c12. The molecule has 2 aromatic rings. The van der Waals surface area contributed by atoms with Gasteiger partial charge in [-0.2, -0.15) is 0 Å². The fourth-order valence-corrected chi connectivity index (χ4v) is 6.83. The van der Waals surface area contributed by atoms with E-state index in [2.05, 4.69) is 6.07 Å². The summed E-state index contributed by atoms with van der Waals surface area (Å²) in [5, 5.41) is 0. The normalized spacial score (nSPS) is 10.7. The Morgan fingerprint density at radius 2 is 2.11 bits per heavy atom. The van der Waals surface area contributed by atoms with Crippen LogP contribution in [0.1, 0.15) is 0 Å². The zero-order valence-electron chi connectivity index (χ0n) is 4.63. The van der Waals surface area contributed by atoms with E-state index in [1.165, 1.54) is 8.52 Å². The summed E-state index contributed by atoms with van der Waals surface area (Å²) in [6, 6.07) is 6.23. The molecule has 1 nitrogen and oxygen atoms in total. The number of nitrogen functional groups attached to an aromatic ring is 1. The minimum absolute atomic E-state index is 0.758. The Kier molecular flexibility index (Phi) is 1.31. The van der Waals surface area contributed by atoms with E-state index >= 15 is 0 Å². The summed E-state index contributed by atoms with van der Waals surface area (Å²) in [4.78, 5) is 0. The number of hydrogen-bond donors (Lipinski definition) is 1. The Morgan fingerprint density at radius 1 is 1.22 bits per heavy atom. The van der Waals surface area contributed by atoms with Gasteiger partial charge in [0.1, 0.15) is 0 Å². The molecular formula is C6H5NSe2. The Hall–Kier alpha value is 0.0590. The van der Waals surface area contributed by atoms with Crippen molar-refractivity contribution < 1.29 is 0 Å². The van der Waals surface area contributed by atoms with E-state index in [4.69, 9.17) is 5.73 Å². The first-order chi connectivity index (χ1) is 4.38. The molecule has 1 aromatic heterocycles. The van der Waals surface area contributed by atoms with Crippen molar-refractivity contribution in [2.75, 3.05) is 5.73 Å². The van der Waals surface area contributed by atoms with Gasteiger partial charge in [-0.25, -0.2) is 0 Å². The molecule has 0 fully saturated rings. The maximum atomic E-state index is 5.70. The summed E-state index contributed by atoms with van der Waals surface area (Å²) in [6.45, 7) is 0. The first-order valence-electron chi connectivity index (χ1n) is 2.61. The van der Waals surface area contributed by atoms with Gasteiger partial charge in [0.05, 0.1) is 0 Å². The van der Waals surface area contributed by atoms with Crippen molar-refractivity contribution in [1.29, 1.82) is 0 Å². The van der Waals surface area contributed by atoms with Crippen molar-refractivity contribution in [3.8, 4) is 0 Å². The molecule has 0 bridgehead atoms. The van der Waals surface area contributed by atoms with Crippen LogP contribution in [-0.4, -0.2) is 25.3 Å². The zero-order valence-corrected chi connectivity index (χ0v) is 8.05. The minimum atomic E-state index is 0.758. The van der Waals surface area contributed by atoms with Crippen molar-refractivity contribution in [2.24, 2.45) is 0 Å². The van der Waals surface area contributed by atoms with E-state index in [0.717, 1.165) is 31.0 Å². The summed E-state index contributed by atoms with van der Waals surface area (Å²) < 4.78 is 2.99. The zero-order chi connectivity index (χ0) is 6.27. The molecule has 0 atom stereocenters. The number of hydrogen-bond acceptors (Lipinski definition) is 1. The molecule has 1 aromatic carbocycles. The predicted molar refractivity (Wildman–Crippen MR) is 42.2 cm³/mol. The number of rotatable bonds is 0. The average molecular weight is 249 g/mol. The molecule has 46 valence electrons. The molecule has 3 heteroatoms. The van der Waals surface area contributed by atoms with E-state index in [1.807, 2.05) is 12.1 Å². The number of anilines is 1. The molecule has 0 amide bonds. The summed E-state index contributed by atoms with van der Waals surface area (Å²) >= 11 is 1.56. The Labute approximate surface area is 63.5 Å². The first kappa shape index (κ1) is 5.81. The van der Waals surface area contributed by atoms with Crippen LogP contribution in [0.15, 0.2) is 18.2 Å². The molecule has 0 spiro atoms. The molecule has 0 saturated heterocycles. The van der Waals surface area contributed by atoms with Gasteiger partial charge in [0, 0.05) is 0 Å². The van der Waals surface area contributed by atoms with Crippen LogP contribution in [0.2, 0.25) is 0 Å². The van der Waals surface area contributed by atoms with Gasteiger partial charge in [-0.05, 0) is 0 Å². The molecule has 1 heterocycles. The van der Waals surface area contributed by atoms with E-state index in [1.54, 1.807) is 0 Å². The second-order valence-electron chi connectivity index (χ2n) is 1.84. The third-order valence-electron chi connectivity index (χ3n) is 1.22. The second-order valence-corrected chi connectivity index (χ2v) is 7.95. The van der Waals surface area contributed by atoms with Crippen LogP contribution >= 0.6 is 0 Å². The van der Waals surface area contributed by atoms with Crippen LogP contribution in [0.25, 0.3) is 8.52 Å². The van der Waals surface area contributed by atoms with Gasteiger partial charge in [0.2, 0.25) is 0 Å². The van der Waals surface area contributed by atoms with E-state index in [-0.39, 0.29) is 0 Å². The van der Waals surface area contributed by atoms with Crippen molar-refractivity contribution in [3.05, 3.63) is 18.2 Å². The number of fused-ring (bicyclic) bond motifs is 1. The second kappa shape index (κ2) is 2.03. The monoisotopic (exact) mass is 251 g/mol. The Morgan fingerprint density at radius 3 is 2.56 bits per heavy atom. The molecule has 2 N–H and O–H groups in total. The van der Waals surface area contributed by atoms with E-state index in [0.29, 0.717) is 0 Å². The van der Waals surface area contributed by atoms with Gasteiger partial charge in [-0.1, -0.05) is 0 Å². The van der Waals surface area contributed by atoms with Crippen LogP contribution < -0.4 is 5.73 Å². The third kappa shape index (κ3) is 0.814. The molecule has 9 heavy (non-hydrogen) atoms. The molecular weight excluding hydrogens is 244 g/mol. The molecule has 0 saturated carbocycles. The van der Waals surface area contributed by atoms with E-state index < -0.39 is 0 Å². The summed E-state index contributed by atoms with van der Waals surface area (Å²) in [7, 11) is 0. The van der Waals surface area contributed by atoms with Crippen molar-refractivity contribution in [1.82, 2.24) is 0 Å². The van der Waals surface area contributed by atoms with Crippen LogP contribution in [0.4, 0.5) is 5.69 Å². The van der Waals surface area contributed by atoms with Crippen LogP contribution in [-0.2, 0) is 0 Å². The summed E-state index contributed by atoms with van der Waals surface area (Å²) in [5.74, 6) is 0. The Balaban J connectivity index is 2.86. The maximum absolute atomic E-state index is 5.70. The van der Waals surface area contributed by atoms with E-state index in [9.17, 15) is 0 Å². The summed E-state index contributed by atoms with van der Waals surface area (Å²) in [5.41, 5.74) is 6.71. The molecule has 0 aliphatic carbocycles. The molecule has 0 aliphatic rings. The van der Waals surface area contributed by atoms with Crippen LogP contribution in [0, 0.1) is 0 Å². The number of nitrogens with two attached hydrogens (primary N) is 1. The van der Waals surface area contributed by atoms with Crippen LogP contribution in [0.5, 0.6) is 0 Å². The molecule has 0 aliphatic heterocycles. The quantitative estimate of drug-likeness (QED) is 0.535. The van der Waals surface area contributed by atoms with Crippen LogP contribution in [0.3, 0.4) is 0 Å². The van der Waals surface area contributed by atoms with Crippen molar-refractivity contribution in [2.45, 2.75) is 0 Å². The van der Waals surface area contributed by atoms with Gasteiger partial charge < -0.3 is 0 Å². The topological polar surface area (TPSA) is 26.0 Å². The van der Waals surface area contributed by atoms with Gasteiger partial charge >= 0.3 is 63.4 Å². The molecule has 2 rings (SSSR count). The fraction of sp³-hybridized carbons (Fsp3) is 0. The summed E-state index contributed by atoms with van der Waals surface area (Å²) in [6.07, 6.45) is 0. The average Bonchev–Trinajstić information content (AvgIpc) is 1.74. The number of benzene rings is 1. The Bertz CT molecular complexity index is 320. The van der Waals surface area contributed by atoms with Gasteiger partial charge in [0.25, 0.3) is 0 Å². The van der Waals surface area contributed by atoms with Gasteiger partial charge in [0.15, 0.2) is 0 Å². The molecule has 0 unspecified atom stereocenters. The van der Waals surface area contributed by atoms with Gasteiger partial charge in [-0.15, -0.1) is 0 Å². The standard InChI is InChI=1S/C6H5NSe2/c7-4-2-1-3-5-6(4)9-8-5/h1-3H,7H2. The first-order valence-corrected chi connectivity index (χ1v) is 8.65. The van der Waals surface area contributed by atoms with Crippen molar-refractivity contribution >= 4 is 39.5 Å². The van der Waals surface area contributed by atoms with Gasteiger partial charge in [-0.3, -0.25) is 0 Å². The predicted octanol–water partition coefficient (Wildman–Crippen LogP) is 0.536. The third-order valence-corrected chi connectivity index (χ3v) is 9.13. The fourth-order valence-electron chi connectivity index (χ4n) is 0.740. The van der Waals surface area contributed by atoms with Crippen molar-refractivity contribution in [3.63, 3.8) is 0 Å².